The lowest BCUT2D eigenvalue weighted by Crippen LogP contribution is -2.17. The van der Waals surface area contributed by atoms with Crippen LogP contribution < -0.4 is 14.8 Å². The summed E-state index contributed by atoms with van der Waals surface area (Å²) in [6, 6.07) is 6.17. The van der Waals surface area contributed by atoms with E-state index in [2.05, 4.69) is 24.4 Å². The molecule has 0 aromatic heterocycles. The molecule has 1 heterocycles. The summed E-state index contributed by atoms with van der Waals surface area (Å²) >= 11 is 0. The van der Waals surface area contributed by atoms with Crippen LogP contribution in [0.1, 0.15) is 32.3 Å². The van der Waals surface area contributed by atoms with Crippen LogP contribution in [0, 0.1) is 0 Å². The molecule has 0 bridgehead atoms. The largest absolute Gasteiger partial charge is 0.490 e. The lowest BCUT2D eigenvalue weighted by Gasteiger charge is -2.16. The summed E-state index contributed by atoms with van der Waals surface area (Å²) in [4.78, 5) is 0. The SMILES string of the molecule is CCCNCc1ccc(OC2CCOC2)c(OCC)c1. The molecule has 2 rings (SSSR count). The summed E-state index contributed by atoms with van der Waals surface area (Å²) in [7, 11) is 0. The molecule has 0 radical (unpaired) electrons. The number of ether oxygens (including phenoxy) is 3. The minimum absolute atomic E-state index is 0.151. The van der Waals surface area contributed by atoms with Gasteiger partial charge in [-0.2, -0.15) is 0 Å². The van der Waals surface area contributed by atoms with Gasteiger partial charge in [-0.1, -0.05) is 13.0 Å². The van der Waals surface area contributed by atoms with Gasteiger partial charge in [0.15, 0.2) is 11.5 Å². The van der Waals surface area contributed by atoms with E-state index in [-0.39, 0.29) is 6.10 Å². The van der Waals surface area contributed by atoms with Gasteiger partial charge >= 0.3 is 0 Å². The van der Waals surface area contributed by atoms with Crippen molar-refractivity contribution in [3.05, 3.63) is 23.8 Å². The summed E-state index contributed by atoms with van der Waals surface area (Å²) in [5, 5.41) is 3.40. The average molecular weight is 279 g/mol. The van der Waals surface area contributed by atoms with Crippen LogP contribution in [0.2, 0.25) is 0 Å². The first-order valence-electron chi connectivity index (χ1n) is 7.54. The summed E-state index contributed by atoms with van der Waals surface area (Å²) in [5.74, 6) is 1.65. The molecule has 0 saturated carbocycles. The molecular formula is C16H25NO3. The van der Waals surface area contributed by atoms with Crippen molar-refractivity contribution in [1.29, 1.82) is 0 Å². The van der Waals surface area contributed by atoms with Crippen LogP contribution in [-0.4, -0.2) is 32.5 Å². The third kappa shape index (κ3) is 4.39. The number of rotatable bonds is 8. The van der Waals surface area contributed by atoms with Crippen molar-refractivity contribution in [2.24, 2.45) is 0 Å². The molecule has 1 aromatic carbocycles. The van der Waals surface area contributed by atoms with Crippen molar-refractivity contribution >= 4 is 0 Å². The van der Waals surface area contributed by atoms with Crippen LogP contribution in [0.5, 0.6) is 11.5 Å². The minimum atomic E-state index is 0.151. The standard InChI is InChI=1S/C16H25NO3/c1-3-8-17-11-13-5-6-15(16(10-13)19-4-2)20-14-7-9-18-12-14/h5-6,10,14,17H,3-4,7-9,11-12H2,1-2H3. The van der Waals surface area contributed by atoms with E-state index < -0.39 is 0 Å². The van der Waals surface area contributed by atoms with Crippen molar-refractivity contribution in [2.45, 2.75) is 39.3 Å². The summed E-state index contributed by atoms with van der Waals surface area (Å²) in [6.07, 6.45) is 2.24. The van der Waals surface area contributed by atoms with Gasteiger partial charge < -0.3 is 19.5 Å². The van der Waals surface area contributed by atoms with E-state index in [1.807, 2.05) is 13.0 Å². The van der Waals surface area contributed by atoms with Crippen molar-refractivity contribution < 1.29 is 14.2 Å². The zero-order chi connectivity index (χ0) is 14.2. The van der Waals surface area contributed by atoms with E-state index in [0.29, 0.717) is 13.2 Å². The van der Waals surface area contributed by atoms with Gasteiger partial charge in [-0.15, -0.1) is 0 Å². The van der Waals surface area contributed by atoms with Crippen molar-refractivity contribution in [3.63, 3.8) is 0 Å². The number of benzene rings is 1. The molecule has 1 aliphatic heterocycles. The normalized spacial score (nSPS) is 18.2. The van der Waals surface area contributed by atoms with Gasteiger partial charge in [0.25, 0.3) is 0 Å². The van der Waals surface area contributed by atoms with Gasteiger partial charge in [-0.3, -0.25) is 0 Å². The van der Waals surface area contributed by atoms with Crippen molar-refractivity contribution in [2.75, 3.05) is 26.4 Å². The van der Waals surface area contributed by atoms with Crippen LogP contribution in [0.25, 0.3) is 0 Å². The maximum atomic E-state index is 5.97. The predicted octanol–water partition coefficient (Wildman–Crippen LogP) is 2.75. The lowest BCUT2D eigenvalue weighted by atomic mass is 10.2. The molecule has 1 fully saturated rings. The Morgan fingerprint density at radius 1 is 1.30 bits per heavy atom. The van der Waals surface area contributed by atoms with Gasteiger partial charge in [-0.25, -0.2) is 0 Å². The van der Waals surface area contributed by atoms with E-state index in [0.717, 1.165) is 44.0 Å². The Labute approximate surface area is 121 Å². The predicted molar refractivity (Wildman–Crippen MR) is 79.5 cm³/mol. The van der Waals surface area contributed by atoms with E-state index in [9.17, 15) is 0 Å². The van der Waals surface area contributed by atoms with Gasteiger partial charge in [-0.05, 0) is 37.6 Å². The van der Waals surface area contributed by atoms with E-state index in [4.69, 9.17) is 14.2 Å². The molecule has 0 aliphatic carbocycles. The van der Waals surface area contributed by atoms with E-state index >= 15 is 0 Å². The van der Waals surface area contributed by atoms with Crippen molar-refractivity contribution in [1.82, 2.24) is 5.32 Å². The van der Waals surface area contributed by atoms with Gasteiger partial charge in [0.1, 0.15) is 6.10 Å². The monoisotopic (exact) mass is 279 g/mol. The van der Waals surface area contributed by atoms with Gasteiger partial charge in [0.2, 0.25) is 0 Å². The van der Waals surface area contributed by atoms with Crippen LogP contribution in [0.15, 0.2) is 18.2 Å². The molecule has 1 aromatic rings. The molecule has 1 N–H and O–H groups in total. The fourth-order valence-electron chi connectivity index (χ4n) is 2.22. The second-order valence-corrected chi connectivity index (χ2v) is 4.99. The Hall–Kier alpha value is -1.26. The maximum absolute atomic E-state index is 5.97. The second-order valence-electron chi connectivity index (χ2n) is 4.99. The van der Waals surface area contributed by atoms with E-state index in [1.165, 1.54) is 5.56 Å². The first-order chi connectivity index (χ1) is 9.83. The maximum Gasteiger partial charge on any atom is 0.161 e. The van der Waals surface area contributed by atoms with Crippen LogP contribution in [0.4, 0.5) is 0 Å². The molecule has 112 valence electrons. The molecule has 4 nitrogen and oxygen atoms in total. The molecule has 20 heavy (non-hydrogen) atoms. The molecular weight excluding hydrogens is 254 g/mol. The molecule has 1 atom stereocenters. The first kappa shape index (κ1) is 15.1. The molecule has 0 amide bonds. The third-order valence-electron chi connectivity index (χ3n) is 3.25. The highest BCUT2D eigenvalue weighted by molar-refractivity contribution is 5.43. The Bertz CT molecular complexity index is 403. The molecule has 1 saturated heterocycles. The molecule has 4 heteroatoms. The fraction of sp³-hybridized carbons (Fsp3) is 0.625. The number of hydrogen-bond acceptors (Lipinski definition) is 4. The highest BCUT2D eigenvalue weighted by Crippen LogP contribution is 2.30. The second kappa shape index (κ2) is 8.12. The first-order valence-corrected chi connectivity index (χ1v) is 7.54. The summed E-state index contributed by atoms with van der Waals surface area (Å²) < 4.78 is 17.0. The Morgan fingerprint density at radius 3 is 2.90 bits per heavy atom. The zero-order valence-electron chi connectivity index (χ0n) is 12.5. The highest BCUT2D eigenvalue weighted by Gasteiger charge is 2.19. The average Bonchev–Trinajstić information content (AvgIpc) is 2.95. The topological polar surface area (TPSA) is 39.7 Å². The molecule has 1 aliphatic rings. The van der Waals surface area contributed by atoms with Crippen LogP contribution >= 0.6 is 0 Å². The number of hydrogen-bond donors (Lipinski definition) is 1. The quantitative estimate of drug-likeness (QED) is 0.743. The fourth-order valence-corrected chi connectivity index (χ4v) is 2.22. The zero-order valence-corrected chi connectivity index (χ0v) is 12.5. The van der Waals surface area contributed by atoms with Crippen LogP contribution in [0.3, 0.4) is 0 Å². The Morgan fingerprint density at radius 2 is 2.20 bits per heavy atom. The van der Waals surface area contributed by atoms with Gasteiger partial charge in [0.05, 0.1) is 19.8 Å². The Kier molecular flexibility index (Phi) is 6.15. The van der Waals surface area contributed by atoms with Gasteiger partial charge in [0, 0.05) is 13.0 Å². The Balaban J connectivity index is 2.02. The number of nitrogens with one attached hydrogen (secondary N) is 1. The van der Waals surface area contributed by atoms with Crippen molar-refractivity contribution in [3.8, 4) is 11.5 Å². The van der Waals surface area contributed by atoms with Crippen LogP contribution in [-0.2, 0) is 11.3 Å². The molecule has 0 spiro atoms. The molecule has 1 unspecified atom stereocenters. The highest BCUT2D eigenvalue weighted by atomic mass is 16.6. The van der Waals surface area contributed by atoms with E-state index in [1.54, 1.807) is 0 Å². The lowest BCUT2D eigenvalue weighted by molar-refractivity contribution is 0.138. The smallest absolute Gasteiger partial charge is 0.161 e. The summed E-state index contributed by atoms with van der Waals surface area (Å²) in [5.41, 5.74) is 1.22. The third-order valence-corrected chi connectivity index (χ3v) is 3.25. The minimum Gasteiger partial charge on any atom is -0.490 e. The summed E-state index contributed by atoms with van der Waals surface area (Å²) in [6.45, 7) is 8.15.